The summed E-state index contributed by atoms with van der Waals surface area (Å²) in [4.78, 5) is 25.2. The predicted octanol–water partition coefficient (Wildman–Crippen LogP) is 1.01. The highest BCUT2D eigenvalue weighted by molar-refractivity contribution is 5.77. The van der Waals surface area contributed by atoms with Gasteiger partial charge in [-0.05, 0) is 43.9 Å². The van der Waals surface area contributed by atoms with Gasteiger partial charge in [0, 0.05) is 32.0 Å². The van der Waals surface area contributed by atoms with Crippen LogP contribution in [-0.4, -0.2) is 35.8 Å². The van der Waals surface area contributed by atoms with Gasteiger partial charge in [0.15, 0.2) is 0 Å². The number of carbonyl (C=O) groups is 2. The Morgan fingerprint density at radius 3 is 2.30 bits per heavy atom. The quantitative estimate of drug-likeness (QED) is 0.806. The van der Waals surface area contributed by atoms with E-state index in [0.29, 0.717) is 24.7 Å². The summed E-state index contributed by atoms with van der Waals surface area (Å²) >= 11 is 0. The third kappa shape index (κ3) is 4.47. The monoisotopic (exact) mass is 281 g/mol. The summed E-state index contributed by atoms with van der Waals surface area (Å²) in [6.45, 7) is 1.55. The molecule has 5 heteroatoms. The summed E-state index contributed by atoms with van der Waals surface area (Å²) in [5.41, 5.74) is 11.2. The van der Waals surface area contributed by atoms with Crippen molar-refractivity contribution in [3.05, 3.63) is 0 Å². The van der Waals surface area contributed by atoms with Crippen LogP contribution in [0.1, 0.15) is 51.4 Å². The molecule has 2 fully saturated rings. The van der Waals surface area contributed by atoms with Crippen molar-refractivity contribution in [2.75, 3.05) is 13.1 Å². The second-order valence-corrected chi connectivity index (χ2v) is 6.49. The molecule has 2 amide bonds. The Morgan fingerprint density at radius 2 is 1.70 bits per heavy atom. The van der Waals surface area contributed by atoms with Gasteiger partial charge in [-0.15, -0.1) is 0 Å². The zero-order chi connectivity index (χ0) is 14.5. The van der Waals surface area contributed by atoms with E-state index in [-0.39, 0.29) is 17.9 Å². The average molecular weight is 281 g/mol. The SMILES string of the molecule is NC(=O)CC1CCN(C(=O)CC2CCCC(N)C2)CC1. The number of nitrogens with two attached hydrogens (primary N) is 2. The van der Waals surface area contributed by atoms with E-state index in [1.54, 1.807) is 0 Å². The van der Waals surface area contributed by atoms with E-state index in [9.17, 15) is 9.59 Å². The fourth-order valence-electron chi connectivity index (χ4n) is 3.57. The molecule has 1 heterocycles. The lowest BCUT2D eigenvalue weighted by atomic mass is 9.83. The summed E-state index contributed by atoms with van der Waals surface area (Å²) in [6.07, 6.45) is 7.29. The van der Waals surface area contributed by atoms with Crippen LogP contribution in [0.2, 0.25) is 0 Å². The molecule has 114 valence electrons. The topological polar surface area (TPSA) is 89.4 Å². The molecule has 0 aromatic heterocycles. The molecule has 2 unspecified atom stereocenters. The van der Waals surface area contributed by atoms with E-state index in [2.05, 4.69) is 0 Å². The Morgan fingerprint density at radius 1 is 1.00 bits per heavy atom. The van der Waals surface area contributed by atoms with Crippen molar-refractivity contribution in [1.29, 1.82) is 0 Å². The van der Waals surface area contributed by atoms with Crippen molar-refractivity contribution in [3.8, 4) is 0 Å². The van der Waals surface area contributed by atoms with Gasteiger partial charge in [-0.3, -0.25) is 9.59 Å². The Balaban J connectivity index is 1.73. The normalized spacial score (nSPS) is 28.4. The van der Waals surface area contributed by atoms with Gasteiger partial charge >= 0.3 is 0 Å². The van der Waals surface area contributed by atoms with Crippen molar-refractivity contribution in [1.82, 2.24) is 4.90 Å². The van der Waals surface area contributed by atoms with Gasteiger partial charge in [0.1, 0.15) is 0 Å². The number of piperidine rings is 1. The molecule has 0 aromatic rings. The van der Waals surface area contributed by atoms with E-state index in [4.69, 9.17) is 11.5 Å². The number of carbonyl (C=O) groups excluding carboxylic acids is 2. The van der Waals surface area contributed by atoms with Crippen molar-refractivity contribution >= 4 is 11.8 Å². The maximum Gasteiger partial charge on any atom is 0.222 e. The lowest BCUT2D eigenvalue weighted by Gasteiger charge is -2.33. The van der Waals surface area contributed by atoms with Crippen LogP contribution in [-0.2, 0) is 9.59 Å². The smallest absolute Gasteiger partial charge is 0.222 e. The molecule has 1 aliphatic carbocycles. The van der Waals surface area contributed by atoms with Crippen LogP contribution in [0.15, 0.2) is 0 Å². The molecule has 1 saturated carbocycles. The first-order chi connectivity index (χ1) is 9.54. The first-order valence-corrected chi connectivity index (χ1v) is 7.86. The van der Waals surface area contributed by atoms with E-state index in [0.717, 1.165) is 51.6 Å². The fraction of sp³-hybridized carbons (Fsp3) is 0.867. The molecule has 0 aromatic carbocycles. The first-order valence-electron chi connectivity index (χ1n) is 7.86. The maximum absolute atomic E-state index is 12.3. The number of rotatable bonds is 4. The number of primary amides is 1. The van der Waals surface area contributed by atoms with Crippen molar-refractivity contribution in [2.24, 2.45) is 23.3 Å². The van der Waals surface area contributed by atoms with Crippen molar-refractivity contribution in [2.45, 2.75) is 57.4 Å². The highest BCUT2D eigenvalue weighted by Crippen LogP contribution is 2.27. The molecule has 1 aliphatic heterocycles. The number of amides is 2. The summed E-state index contributed by atoms with van der Waals surface area (Å²) in [5.74, 6) is 0.863. The van der Waals surface area contributed by atoms with Crippen LogP contribution in [0.5, 0.6) is 0 Å². The predicted molar refractivity (Wildman–Crippen MR) is 77.7 cm³/mol. The second-order valence-electron chi connectivity index (χ2n) is 6.49. The van der Waals surface area contributed by atoms with E-state index in [1.807, 2.05) is 4.90 Å². The van der Waals surface area contributed by atoms with E-state index in [1.165, 1.54) is 0 Å². The molecule has 0 radical (unpaired) electrons. The molecule has 4 N–H and O–H groups in total. The lowest BCUT2D eigenvalue weighted by molar-refractivity contribution is -0.134. The minimum absolute atomic E-state index is 0.231. The van der Waals surface area contributed by atoms with Crippen LogP contribution >= 0.6 is 0 Å². The molecule has 2 aliphatic rings. The second kappa shape index (κ2) is 7.07. The fourth-order valence-corrected chi connectivity index (χ4v) is 3.57. The third-order valence-electron chi connectivity index (χ3n) is 4.74. The molecule has 0 bridgehead atoms. The number of nitrogens with zero attached hydrogens (tertiary/aromatic N) is 1. The van der Waals surface area contributed by atoms with Gasteiger partial charge in [-0.1, -0.05) is 6.42 Å². The molecule has 20 heavy (non-hydrogen) atoms. The Bertz CT molecular complexity index is 351. The van der Waals surface area contributed by atoms with Crippen LogP contribution in [0.3, 0.4) is 0 Å². The van der Waals surface area contributed by atoms with E-state index < -0.39 is 0 Å². The maximum atomic E-state index is 12.3. The molecule has 2 rings (SSSR count). The van der Waals surface area contributed by atoms with Gasteiger partial charge in [-0.25, -0.2) is 0 Å². The summed E-state index contributed by atoms with van der Waals surface area (Å²) in [5, 5.41) is 0. The van der Waals surface area contributed by atoms with Crippen LogP contribution in [0.4, 0.5) is 0 Å². The molecule has 5 nitrogen and oxygen atoms in total. The van der Waals surface area contributed by atoms with Gasteiger partial charge in [0.2, 0.25) is 11.8 Å². The lowest BCUT2D eigenvalue weighted by Crippen LogP contribution is -2.40. The van der Waals surface area contributed by atoms with Crippen LogP contribution in [0.25, 0.3) is 0 Å². The Labute approximate surface area is 121 Å². The van der Waals surface area contributed by atoms with E-state index >= 15 is 0 Å². The highest BCUT2D eigenvalue weighted by atomic mass is 16.2. The first kappa shape index (κ1) is 15.3. The molecular weight excluding hydrogens is 254 g/mol. The summed E-state index contributed by atoms with van der Waals surface area (Å²) in [7, 11) is 0. The number of likely N-dealkylation sites (tertiary alicyclic amines) is 1. The number of hydrogen-bond donors (Lipinski definition) is 2. The standard InChI is InChI=1S/C15H27N3O2/c16-13-3-1-2-12(8-13)10-15(20)18-6-4-11(5-7-18)9-14(17)19/h11-13H,1-10,16H2,(H2,17,19). The Kier molecular flexibility index (Phi) is 5.40. The largest absolute Gasteiger partial charge is 0.370 e. The zero-order valence-electron chi connectivity index (χ0n) is 12.2. The van der Waals surface area contributed by atoms with Crippen molar-refractivity contribution < 1.29 is 9.59 Å². The van der Waals surface area contributed by atoms with Gasteiger partial charge < -0.3 is 16.4 Å². The summed E-state index contributed by atoms with van der Waals surface area (Å²) < 4.78 is 0. The third-order valence-corrected chi connectivity index (χ3v) is 4.74. The molecule has 1 saturated heterocycles. The number of hydrogen-bond acceptors (Lipinski definition) is 3. The molecular formula is C15H27N3O2. The van der Waals surface area contributed by atoms with Gasteiger partial charge in [0.05, 0.1) is 0 Å². The Hall–Kier alpha value is -1.10. The minimum atomic E-state index is -0.231. The van der Waals surface area contributed by atoms with Gasteiger partial charge in [-0.2, -0.15) is 0 Å². The van der Waals surface area contributed by atoms with Crippen LogP contribution in [0, 0.1) is 11.8 Å². The summed E-state index contributed by atoms with van der Waals surface area (Å²) in [6, 6.07) is 0.280. The highest BCUT2D eigenvalue weighted by Gasteiger charge is 2.27. The minimum Gasteiger partial charge on any atom is -0.370 e. The molecule has 0 spiro atoms. The average Bonchev–Trinajstić information content (AvgIpc) is 2.38. The zero-order valence-corrected chi connectivity index (χ0v) is 12.2. The van der Waals surface area contributed by atoms with Crippen molar-refractivity contribution in [3.63, 3.8) is 0 Å². The van der Waals surface area contributed by atoms with Crippen LogP contribution < -0.4 is 11.5 Å². The van der Waals surface area contributed by atoms with Gasteiger partial charge in [0.25, 0.3) is 0 Å². The molecule has 2 atom stereocenters.